The van der Waals surface area contributed by atoms with Gasteiger partial charge in [0, 0.05) is 18.5 Å². The predicted octanol–water partition coefficient (Wildman–Crippen LogP) is 4.11. The SMILES string of the molecule is CC(C)(C)CC(Cl)CNCC1CCC2(CCCC2)O1. The molecule has 19 heavy (non-hydrogen) atoms. The van der Waals surface area contributed by atoms with Crippen molar-refractivity contribution >= 4 is 11.6 Å². The number of halogens is 1. The van der Waals surface area contributed by atoms with Gasteiger partial charge in [0.05, 0.1) is 11.7 Å². The number of rotatable bonds is 5. The van der Waals surface area contributed by atoms with Crippen LogP contribution in [0.3, 0.4) is 0 Å². The summed E-state index contributed by atoms with van der Waals surface area (Å²) in [6, 6.07) is 0. The number of hydrogen-bond donors (Lipinski definition) is 1. The first-order valence-electron chi connectivity index (χ1n) is 7.91. The molecule has 1 aliphatic heterocycles. The lowest BCUT2D eigenvalue weighted by Crippen LogP contribution is -2.34. The first kappa shape index (κ1) is 15.6. The topological polar surface area (TPSA) is 21.3 Å². The van der Waals surface area contributed by atoms with E-state index in [4.69, 9.17) is 16.3 Å². The van der Waals surface area contributed by atoms with Crippen LogP contribution >= 0.6 is 11.6 Å². The molecule has 1 saturated heterocycles. The molecule has 112 valence electrons. The smallest absolute Gasteiger partial charge is 0.0708 e. The second-order valence-corrected chi connectivity index (χ2v) is 8.31. The highest BCUT2D eigenvalue weighted by Crippen LogP contribution is 2.43. The molecule has 0 radical (unpaired) electrons. The van der Waals surface area contributed by atoms with E-state index in [0.29, 0.717) is 11.5 Å². The maximum atomic E-state index is 6.37. The van der Waals surface area contributed by atoms with Gasteiger partial charge in [-0.25, -0.2) is 0 Å². The highest BCUT2D eigenvalue weighted by atomic mass is 35.5. The van der Waals surface area contributed by atoms with Crippen LogP contribution in [0.5, 0.6) is 0 Å². The minimum atomic E-state index is 0.224. The Morgan fingerprint density at radius 3 is 2.58 bits per heavy atom. The first-order chi connectivity index (χ1) is 8.89. The number of hydrogen-bond acceptors (Lipinski definition) is 2. The lowest BCUT2D eigenvalue weighted by molar-refractivity contribution is -0.0350. The van der Waals surface area contributed by atoms with Gasteiger partial charge in [0.25, 0.3) is 0 Å². The third kappa shape index (κ3) is 4.91. The van der Waals surface area contributed by atoms with Crippen molar-refractivity contribution in [2.75, 3.05) is 13.1 Å². The summed E-state index contributed by atoms with van der Waals surface area (Å²) >= 11 is 6.37. The van der Waals surface area contributed by atoms with Crippen LogP contribution in [0, 0.1) is 5.41 Å². The second kappa shape index (κ2) is 6.32. The zero-order valence-corrected chi connectivity index (χ0v) is 13.6. The molecule has 2 aliphatic rings. The van der Waals surface area contributed by atoms with Crippen molar-refractivity contribution in [3.63, 3.8) is 0 Å². The number of ether oxygens (including phenoxy) is 1. The van der Waals surface area contributed by atoms with E-state index in [2.05, 4.69) is 26.1 Å². The maximum Gasteiger partial charge on any atom is 0.0708 e. The third-order valence-electron chi connectivity index (χ3n) is 4.43. The summed E-state index contributed by atoms with van der Waals surface area (Å²) in [5.74, 6) is 0. The van der Waals surface area contributed by atoms with Gasteiger partial charge in [-0.2, -0.15) is 0 Å². The van der Waals surface area contributed by atoms with Crippen LogP contribution in [0.15, 0.2) is 0 Å². The Balaban J connectivity index is 1.62. The van der Waals surface area contributed by atoms with Crippen LogP contribution in [-0.2, 0) is 4.74 Å². The van der Waals surface area contributed by atoms with Crippen LogP contribution in [-0.4, -0.2) is 30.2 Å². The lowest BCUT2D eigenvalue weighted by Gasteiger charge is -2.25. The monoisotopic (exact) mass is 287 g/mol. The molecule has 1 aliphatic carbocycles. The molecule has 0 aromatic heterocycles. The highest BCUT2D eigenvalue weighted by Gasteiger charge is 2.41. The normalized spacial score (nSPS) is 28.1. The van der Waals surface area contributed by atoms with Crippen LogP contribution in [0.2, 0.25) is 0 Å². The lowest BCUT2D eigenvalue weighted by atomic mass is 9.90. The number of nitrogens with one attached hydrogen (secondary N) is 1. The molecule has 0 aromatic carbocycles. The van der Waals surface area contributed by atoms with Crippen LogP contribution < -0.4 is 5.32 Å². The third-order valence-corrected chi connectivity index (χ3v) is 4.73. The van der Waals surface area contributed by atoms with Crippen molar-refractivity contribution in [1.82, 2.24) is 5.32 Å². The van der Waals surface area contributed by atoms with Crippen molar-refractivity contribution in [3.05, 3.63) is 0 Å². The Labute approximate surface area is 123 Å². The van der Waals surface area contributed by atoms with Crippen molar-refractivity contribution in [3.8, 4) is 0 Å². The summed E-state index contributed by atoms with van der Waals surface area (Å²) in [5, 5.41) is 3.72. The zero-order chi connectivity index (χ0) is 13.9. The van der Waals surface area contributed by atoms with Gasteiger partial charge in [-0.1, -0.05) is 33.6 Å². The van der Waals surface area contributed by atoms with Crippen LogP contribution in [0.1, 0.15) is 65.7 Å². The maximum absolute atomic E-state index is 6.37. The Hall–Kier alpha value is 0.210. The van der Waals surface area contributed by atoms with Gasteiger partial charge < -0.3 is 10.1 Å². The average molecular weight is 288 g/mol. The number of alkyl halides is 1. The van der Waals surface area contributed by atoms with Crippen LogP contribution in [0.25, 0.3) is 0 Å². The van der Waals surface area contributed by atoms with Crippen molar-refractivity contribution in [2.45, 2.75) is 82.8 Å². The minimum absolute atomic E-state index is 0.224. The molecule has 0 aromatic rings. The van der Waals surface area contributed by atoms with E-state index < -0.39 is 0 Å². The van der Waals surface area contributed by atoms with Gasteiger partial charge in [0.1, 0.15) is 0 Å². The standard InChI is InChI=1S/C16H30ClNO/c1-15(2,3)10-13(17)11-18-12-14-6-9-16(19-14)7-4-5-8-16/h13-14,18H,4-12H2,1-3H3. The molecule has 1 heterocycles. The Kier molecular flexibility index (Phi) is 5.19. The van der Waals surface area contributed by atoms with E-state index in [0.717, 1.165) is 19.5 Å². The summed E-state index contributed by atoms with van der Waals surface area (Å²) in [6.45, 7) is 8.59. The molecule has 1 spiro atoms. The molecule has 0 bridgehead atoms. The van der Waals surface area contributed by atoms with Gasteiger partial charge >= 0.3 is 0 Å². The second-order valence-electron chi connectivity index (χ2n) is 7.69. The fourth-order valence-electron chi connectivity index (χ4n) is 3.56. The van der Waals surface area contributed by atoms with E-state index in [1.807, 2.05) is 0 Å². The molecule has 1 N–H and O–H groups in total. The van der Waals surface area contributed by atoms with E-state index in [1.54, 1.807) is 0 Å². The molecule has 2 fully saturated rings. The zero-order valence-electron chi connectivity index (χ0n) is 12.8. The first-order valence-corrected chi connectivity index (χ1v) is 8.35. The summed E-state index contributed by atoms with van der Waals surface area (Å²) in [6.07, 6.45) is 9.24. The Morgan fingerprint density at radius 2 is 1.95 bits per heavy atom. The van der Waals surface area contributed by atoms with E-state index >= 15 is 0 Å². The van der Waals surface area contributed by atoms with Crippen LogP contribution in [0.4, 0.5) is 0 Å². The molecule has 2 rings (SSSR count). The van der Waals surface area contributed by atoms with Crippen molar-refractivity contribution in [2.24, 2.45) is 5.41 Å². The Bertz CT molecular complexity index is 281. The molecule has 2 atom stereocenters. The van der Waals surface area contributed by atoms with Gasteiger partial charge in [0.2, 0.25) is 0 Å². The van der Waals surface area contributed by atoms with Gasteiger partial charge in [0.15, 0.2) is 0 Å². The van der Waals surface area contributed by atoms with E-state index in [1.165, 1.54) is 38.5 Å². The molecule has 0 amide bonds. The highest BCUT2D eigenvalue weighted by molar-refractivity contribution is 6.20. The molecule has 1 saturated carbocycles. The van der Waals surface area contributed by atoms with Crippen molar-refractivity contribution in [1.29, 1.82) is 0 Å². The fourth-order valence-corrected chi connectivity index (χ4v) is 4.14. The predicted molar refractivity (Wildman–Crippen MR) is 81.9 cm³/mol. The average Bonchev–Trinajstić information content (AvgIpc) is 2.88. The Morgan fingerprint density at radius 1 is 1.26 bits per heavy atom. The molecular formula is C16H30ClNO. The molecular weight excluding hydrogens is 258 g/mol. The van der Waals surface area contributed by atoms with E-state index in [9.17, 15) is 0 Å². The summed E-state index contributed by atoms with van der Waals surface area (Å²) in [7, 11) is 0. The fraction of sp³-hybridized carbons (Fsp3) is 1.00. The van der Waals surface area contributed by atoms with Crippen molar-refractivity contribution < 1.29 is 4.74 Å². The van der Waals surface area contributed by atoms with E-state index in [-0.39, 0.29) is 11.0 Å². The van der Waals surface area contributed by atoms with Gasteiger partial charge in [-0.05, 0) is 37.5 Å². The molecule has 2 nitrogen and oxygen atoms in total. The minimum Gasteiger partial charge on any atom is -0.370 e. The molecule has 2 unspecified atom stereocenters. The molecule has 3 heteroatoms. The summed E-state index contributed by atoms with van der Waals surface area (Å²) in [4.78, 5) is 0. The van der Waals surface area contributed by atoms with Gasteiger partial charge in [-0.15, -0.1) is 11.6 Å². The summed E-state index contributed by atoms with van der Waals surface area (Å²) < 4.78 is 6.29. The van der Waals surface area contributed by atoms with Gasteiger partial charge in [-0.3, -0.25) is 0 Å². The summed E-state index contributed by atoms with van der Waals surface area (Å²) in [5.41, 5.74) is 0.573. The largest absolute Gasteiger partial charge is 0.370 e. The quantitative estimate of drug-likeness (QED) is 0.768.